The summed E-state index contributed by atoms with van der Waals surface area (Å²) in [5.41, 5.74) is 3.28. The van der Waals surface area contributed by atoms with Crippen molar-refractivity contribution >= 4 is 17.6 Å². The van der Waals surface area contributed by atoms with E-state index in [-0.39, 0.29) is 11.3 Å². The number of aliphatic carboxylic acids is 1. The minimum Gasteiger partial charge on any atom is -0.480 e. The van der Waals surface area contributed by atoms with Crippen LogP contribution in [0.25, 0.3) is 0 Å². The van der Waals surface area contributed by atoms with Crippen LogP contribution in [-0.4, -0.2) is 30.1 Å². The standard InChI is InChI=1S/C19H28N2O3/c1-19(2,3)10-9-15(18(23)24)20-12-13-5-7-16-14(11-13)6-8-17(22)21(16)4/h5,7,11,15,20H,6,8-10,12H2,1-4H3,(H,23,24). The van der Waals surface area contributed by atoms with E-state index < -0.39 is 12.0 Å². The molecular formula is C19H28N2O3. The van der Waals surface area contributed by atoms with Crippen molar-refractivity contribution < 1.29 is 14.7 Å². The lowest BCUT2D eigenvalue weighted by Gasteiger charge is -2.26. The van der Waals surface area contributed by atoms with Gasteiger partial charge in [0, 0.05) is 25.7 Å². The van der Waals surface area contributed by atoms with Crippen LogP contribution in [0.5, 0.6) is 0 Å². The first kappa shape index (κ1) is 18.5. The summed E-state index contributed by atoms with van der Waals surface area (Å²) in [6, 6.07) is 5.45. The molecule has 0 aliphatic carbocycles. The molecule has 5 nitrogen and oxygen atoms in total. The van der Waals surface area contributed by atoms with Crippen LogP contribution in [0.15, 0.2) is 18.2 Å². The lowest BCUT2D eigenvalue weighted by molar-refractivity contribution is -0.139. The summed E-state index contributed by atoms with van der Waals surface area (Å²) in [4.78, 5) is 24.9. The molecule has 1 aromatic rings. The second kappa shape index (κ2) is 7.34. The molecule has 2 N–H and O–H groups in total. The third-order valence-corrected chi connectivity index (χ3v) is 4.52. The van der Waals surface area contributed by atoms with Gasteiger partial charge in [-0.05, 0) is 41.9 Å². The van der Waals surface area contributed by atoms with Gasteiger partial charge >= 0.3 is 5.97 Å². The quantitative estimate of drug-likeness (QED) is 0.840. The molecule has 0 spiro atoms. The van der Waals surface area contributed by atoms with Crippen LogP contribution in [-0.2, 0) is 22.6 Å². The highest BCUT2D eigenvalue weighted by Gasteiger charge is 2.22. The molecule has 132 valence electrons. The van der Waals surface area contributed by atoms with Gasteiger partial charge in [-0.3, -0.25) is 9.59 Å². The molecule has 0 aromatic heterocycles. The van der Waals surface area contributed by atoms with E-state index in [9.17, 15) is 14.7 Å². The number of hydrogen-bond acceptors (Lipinski definition) is 3. The third-order valence-electron chi connectivity index (χ3n) is 4.52. The van der Waals surface area contributed by atoms with E-state index in [2.05, 4.69) is 32.2 Å². The summed E-state index contributed by atoms with van der Waals surface area (Å²) in [5.74, 6) is -0.663. The topological polar surface area (TPSA) is 69.6 Å². The summed E-state index contributed by atoms with van der Waals surface area (Å²) < 4.78 is 0. The zero-order valence-corrected chi connectivity index (χ0v) is 15.1. The minimum atomic E-state index is -0.803. The van der Waals surface area contributed by atoms with Gasteiger partial charge in [-0.15, -0.1) is 0 Å². The maximum Gasteiger partial charge on any atom is 0.320 e. The van der Waals surface area contributed by atoms with E-state index in [1.165, 1.54) is 0 Å². The van der Waals surface area contributed by atoms with Crippen molar-refractivity contribution in [2.45, 2.75) is 59.0 Å². The Balaban J connectivity index is 2.00. The van der Waals surface area contributed by atoms with E-state index in [1.54, 1.807) is 11.9 Å². The molecule has 24 heavy (non-hydrogen) atoms. The van der Waals surface area contributed by atoms with Gasteiger partial charge in [-0.2, -0.15) is 0 Å². The number of carboxylic acids is 1. The van der Waals surface area contributed by atoms with Crippen molar-refractivity contribution in [3.8, 4) is 0 Å². The lowest BCUT2D eigenvalue weighted by atomic mass is 9.88. The number of carboxylic acid groups (broad SMARTS) is 1. The van der Waals surface area contributed by atoms with E-state index in [4.69, 9.17) is 0 Å². The van der Waals surface area contributed by atoms with E-state index in [0.717, 1.165) is 29.7 Å². The Bertz CT molecular complexity index is 620. The highest BCUT2D eigenvalue weighted by molar-refractivity contribution is 5.95. The predicted octanol–water partition coefficient (Wildman–Crippen LogP) is 2.96. The number of nitrogens with zero attached hydrogens (tertiary/aromatic N) is 1. The molecule has 1 aliphatic rings. The fourth-order valence-corrected chi connectivity index (χ4v) is 2.95. The minimum absolute atomic E-state index is 0.123. The zero-order chi connectivity index (χ0) is 17.9. The van der Waals surface area contributed by atoms with Crippen molar-refractivity contribution in [2.24, 2.45) is 5.41 Å². The lowest BCUT2D eigenvalue weighted by Crippen LogP contribution is -2.37. The van der Waals surface area contributed by atoms with Crippen LogP contribution in [0.4, 0.5) is 5.69 Å². The Hall–Kier alpha value is -1.88. The molecule has 1 aromatic carbocycles. The Kier molecular flexibility index (Phi) is 5.65. The van der Waals surface area contributed by atoms with Crippen LogP contribution in [0.2, 0.25) is 0 Å². The summed E-state index contributed by atoms with van der Waals surface area (Å²) in [6.45, 7) is 6.87. The van der Waals surface area contributed by atoms with Crippen molar-refractivity contribution in [1.29, 1.82) is 0 Å². The van der Waals surface area contributed by atoms with Gasteiger partial charge < -0.3 is 15.3 Å². The molecule has 5 heteroatoms. The van der Waals surface area contributed by atoms with E-state index >= 15 is 0 Å². The van der Waals surface area contributed by atoms with Crippen LogP contribution in [0.1, 0.15) is 51.2 Å². The molecule has 0 radical (unpaired) electrons. The molecule has 1 atom stereocenters. The summed E-state index contributed by atoms with van der Waals surface area (Å²) >= 11 is 0. The average Bonchev–Trinajstić information content (AvgIpc) is 2.49. The number of fused-ring (bicyclic) bond motifs is 1. The van der Waals surface area contributed by atoms with Gasteiger partial charge in [0.15, 0.2) is 0 Å². The molecule has 2 rings (SSSR count). The van der Waals surface area contributed by atoms with Gasteiger partial charge in [0.05, 0.1) is 0 Å². The maximum atomic E-state index is 11.7. The van der Waals surface area contributed by atoms with Crippen LogP contribution in [0.3, 0.4) is 0 Å². The molecule has 0 fully saturated rings. The van der Waals surface area contributed by atoms with Crippen molar-refractivity contribution in [2.75, 3.05) is 11.9 Å². The fraction of sp³-hybridized carbons (Fsp3) is 0.579. The van der Waals surface area contributed by atoms with Crippen molar-refractivity contribution in [1.82, 2.24) is 5.32 Å². The van der Waals surface area contributed by atoms with Gasteiger partial charge in [-0.25, -0.2) is 0 Å². The van der Waals surface area contributed by atoms with Crippen LogP contribution in [0, 0.1) is 5.41 Å². The Morgan fingerprint density at radius 1 is 1.33 bits per heavy atom. The number of carbonyl (C=O) groups is 2. The number of aryl methyl sites for hydroxylation is 1. The molecule has 1 unspecified atom stereocenters. The monoisotopic (exact) mass is 332 g/mol. The summed E-state index contributed by atoms with van der Waals surface area (Å²) in [5, 5.41) is 12.6. The van der Waals surface area contributed by atoms with Gasteiger partial charge in [-0.1, -0.05) is 32.9 Å². The second-order valence-electron chi connectivity index (χ2n) is 7.79. The Morgan fingerprint density at radius 3 is 2.67 bits per heavy atom. The first-order valence-corrected chi connectivity index (χ1v) is 8.52. The first-order valence-electron chi connectivity index (χ1n) is 8.52. The van der Waals surface area contributed by atoms with Gasteiger partial charge in [0.2, 0.25) is 5.91 Å². The number of carbonyl (C=O) groups excluding carboxylic acids is 1. The molecule has 1 heterocycles. The molecule has 0 saturated carbocycles. The second-order valence-corrected chi connectivity index (χ2v) is 7.79. The predicted molar refractivity (Wildman–Crippen MR) is 95.1 cm³/mol. The highest BCUT2D eigenvalue weighted by Crippen LogP contribution is 2.27. The number of nitrogens with one attached hydrogen (secondary N) is 1. The SMILES string of the molecule is CN1C(=O)CCc2cc(CNC(CCC(C)(C)C)C(=O)O)ccc21. The maximum absolute atomic E-state index is 11.7. The largest absolute Gasteiger partial charge is 0.480 e. The summed E-state index contributed by atoms with van der Waals surface area (Å²) in [6.07, 6.45) is 2.75. The van der Waals surface area contributed by atoms with Crippen molar-refractivity contribution in [3.63, 3.8) is 0 Å². The number of anilines is 1. The zero-order valence-electron chi connectivity index (χ0n) is 15.1. The van der Waals surface area contributed by atoms with Gasteiger partial charge in [0.1, 0.15) is 6.04 Å². The fourth-order valence-electron chi connectivity index (χ4n) is 2.95. The van der Waals surface area contributed by atoms with E-state index in [0.29, 0.717) is 19.4 Å². The van der Waals surface area contributed by atoms with E-state index in [1.807, 2.05) is 12.1 Å². The van der Waals surface area contributed by atoms with Gasteiger partial charge in [0.25, 0.3) is 0 Å². The number of benzene rings is 1. The number of amides is 1. The highest BCUT2D eigenvalue weighted by atomic mass is 16.4. The molecular weight excluding hydrogens is 304 g/mol. The molecule has 0 saturated heterocycles. The first-order chi connectivity index (χ1) is 11.2. The van der Waals surface area contributed by atoms with Crippen molar-refractivity contribution in [3.05, 3.63) is 29.3 Å². The number of rotatable bonds is 6. The van der Waals surface area contributed by atoms with Crippen LogP contribution >= 0.6 is 0 Å². The molecule has 1 amide bonds. The third kappa shape index (κ3) is 4.81. The normalized spacial score (nSPS) is 16.0. The smallest absolute Gasteiger partial charge is 0.320 e. The molecule has 1 aliphatic heterocycles. The molecule has 0 bridgehead atoms. The average molecular weight is 332 g/mol. The Morgan fingerprint density at radius 2 is 2.04 bits per heavy atom. The van der Waals surface area contributed by atoms with Crippen LogP contribution < -0.4 is 10.2 Å². The number of hydrogen-bond donors (Lipinski definition) is 2. The Labute approximate surface area is 144 Å². The summed E-state index contributed by atoms with van der Waals surface area (Å²) in [7, 11) is 1.80.